The highest BCUT2D eigenvalue weighted by Crippen LogP contribution is 2.34. The SMILES string of the molecule is CN1C(=O)CCC(N2Cc3c(OCCCCCCCC(=O)O)cccc3C2=O)C1=O. The molecule has 8 heteroatoms. The van der Waals surface area contributed by atoms with Crippen molar-refractivity contribution in [1.29, 1.82) is 0 Å². The lowest BCUT2D eigenvalue weighted by Gasteiger charge is -2.33. The largest absolute Gasteiger partial charge is 0.493 e. The van der Waals surface area contributed by atoms with Gasteiger partial charge in [0.15, 0.2) is 0 Å². The summed E-state index contributed by atoms with van der Waals surface area (Å²) in [5.41, 5.74) is 1.34. The van der Waals surface area contributed by atoms with Gasteiger partial charge in [0, 0.05) is 31.0 Å². The second-order valence-corrected chi connectivity index (χ2v) is 7.82. The van der Waals surface area contributed by atoms with Crippen molar-refractivity contribution in [2.45, 2.75) is 64.0 Å². The summed E-state index contributed by atoms with van der Waals surface area (Å²) in [5, 5.41) is 8.63. The number of hydrogen-bond donors (Lipinski definition) is 1. The first kappa shape index (κ1) is 21.8. The van der Waals surface area contributed by atoms with E-state index in [9.17, 15) is 19.2 Å². The number of likely N-dealkylation sites (tertiary alicyclic amines) is 1. The molecule has 1 N–H and O–H groups in total. The molecule has 1 aromatic rings. The monoisotopic (exact) mass is 416 g/mol. The maximum Gasteiger partial charge on any atom is 0.303 e. The van der Waals surface area contributed by atoms with Gasteiger partial charge in [-0.05, 0) is 31.4 Å². The number of rotatable bonds is 10. The number of carbonyl (C=O) groups is 4. The molecule has 3 amide bonds. The fourth-order valence-electron chi connectivity index (χ4n) is 3.99. The lowest BCUT2D eigenvalue weighted by molar-refractivity contribution is -0.150. The van der Waals surface area contributed by atoms with Crippen LogP contribution in [0.4, 0.5) is 0 Å². The summed E-state index contributed by atoms with van der Waals surface area (Å²) in [5.74, 6) is -0.852. The Morgan fingerprint density at radius 2 is 1.87 bits per heavy atom. The number of fused-ring (bicyclic) bond motifs is 1. The van der Waals surface area contributed by atoms with Gasteiger partial charge < -0.3 is 14.7 Å². The number of unbranched alkanes of at least 4 members (excludes halogenated alkanes) is 4. The molecule has 0 spiro atoms. The van der Waals surface area contributed by atoms with Crippen LogP contribution >= 0.6 is 0 Å². The van der Waals surface area contributed by atoms with Crippen LogP contribution < -0.4 is 4.74 Å². The Morgan fingerprint density at radius 3 is 2.63 bits per heavy atom. The van der Waals surface area contributed by atoms with Crippen LogP contribution in [0.1, 0.15) is 67.3 Å². The van der Waals surface area contributed by atoms with Gasteiger partial charge in [0.05, 0.1) is 13.2 Å². The van der Waals surface area contributed by atoms with Crippen molar-refractivity contribution >= 4 is 23.7 Å². The first-order chi connectivity index (χ1) is 14.4. The standard InChI is InChI=1S/C22H28N2O6/c1-23-19(25)12-11-17(22(23)29)24-14-16-15(21(24)28)8-7-9-18(16)30-13-6-4-2-3-5-10-20(26)27/h7-9,17H,2-6,10-14H2,1H3,(H,26,27). The number of ether oxygens (including phenoxy) is 1. The summed E-state index contributed by atoms with van der Waals surface area (Å²) < 4.78 is 5.92. The Balaban J connectivity index is 1.53. The number of carboxylic acid groups (broad SMARTS) is 1. The minimum atomic E-state index is -0.756. The molecule has 1 saturated heterocycles. The number of nitrogens with zero attached hydrogens (tertiary/aromatic N) is 2. The van der Waals surface area contributed by atoms with E-state index in [1.807, 2.05) is 6.07 Å². The van der Waals surface area contributed by atoms with Gasteiger partial charge in [0.25, 0.3) is 11.8 Å². The second-order valence-electron chi connectivity index (χ2n) is 7.82. The van der Waals surface area contributed by atoms with Crippen LogP contribution in [0.15, 0.2) is 18.2 Å². The number of imide groups is 1. The third-order valence-electron chi connectivity index (χ3n) is 5.74. The van der Waals surface area contributed by atoms with Gasteiger partial charge in [-0.15, -0.1) is 0 Å². The average Bonchev–Trinajstić information content (AvgIpc) is 3.05. The zero-order chi connectivity index (χ0) is 21.7. The van der Waals surface area contributed by atoms with E-state index < -0.39 is 12.0 Å². The number of amides is 3. The molecule has 0 aliphatic carbocycles. The maximum atomic E-state index is 12.9. The molecule has 0 aromatic heterocycles. The molecular weight excluding hydrogens is 388 g/mol. The van der Waals surface area contributed by atoms with Crippen LogP contribution in [0.2, 0.25) is 0 Å². The summed E-state index contributed by atoms with van der Waals surface area (Å²) in [4.78, 5) is 50.3. The molecule has 0 bridgehead atoms. The molecule has 0 saturated carbocycles. The van der Waals surface area contributed by atoms with Gasteiger partial charge in [-0.1, -0.05) is 25.3 Å². The predicted molar refractivity (Wildman–Crippen MR) is 108 cm³/mol. The third-order valence-corrected chi connectivity index (χ3v) is 5.74. The van der Waals surface area contributed by atoms with E-state index in [1.165, 1.54) is 7.05 Å². The molecule has 2 heterocycles. The summed E-state index contributed by atoms with van der Waals surface area (Å²) in [6.45, 7) is 0.821. The van der Waals surface area contributed by atoms with E-state index in [0.717, 1.165) is 36.1 Å². The fourth-order valence-corrected chi connectivity index (χ4v) is 3.99. The Hall–Kier alpha value is -2.90. The highest BCUT2D eigenvalue weighted by molar-refractivity contribution is 6.05. The van der Waals surface area contributed by atoms with Crippen molar-refractivity contribution in [3.8, 4) is 5.75 Å². The summed E-state index contributed by atoms with van der Waals surface area (Å²) in [6, 6.07) is 4.74. The number of hydrogen-bond acceptors (Lipinski definition) is 5. The molecule has 1 aromatic carbocycles. The van der Waals surface area contributed by atoms with Gasteiger partial charge in [-0.3, -0.25) is 24.1 Å². The van der Waals surface area contributed by atoms with Crippen molar-refractivity contribution in [2.24, 2.45) is 0 Å². The van der Waals surface area contributed by atoms with E-state index in [0.29, 0.717) is 37.3 Å². The quantitative estimate of drug-likeness (QED) is 0.464. The van der Waals surface area contributed by atoms with E-state index in [4.69, 9.17) is 9.84 Å². The van der Waals surface area contributed by atoms with Crippen molar-refractivity contribution in [3.63, 3.8) is 0 Å². The number of benzene rings is 1. The molecule has 1 fully saturated rings. The van der Waals surface area contributed by atoms with Crippen LogP contribution in [0, 0.1) is 0 Å². The van der Waals surface area contributed by atoms with Gasteiger partial charge >= 0.3 is 5.97 Å². The van der Waals surface area contributed by atoms with E-state index in [-0.39, 0.29) is 30.6 Å². The van der Waals surface area contributed by atoms with Crippen molar-refractivity contribution in [1.82, 2.24) is 9.80 Å². The zero-order valence-electron chi connectivity index (χ0n) is 17.3. The first-order valence-electron chi connectivity index (χ1n) is 10.5. The van der Waals surface area contributed by atoms with E-state index in [1.54, 1.807) is 17.0 Å². The lowest BCUT2D eigenvalue weighted by Crippen LogP contribution is -2.53. The van der Waals surface area contributed by atoms with Crippen LogP contribution in [-0.2, 0) is 20.9 Å². The van der Waals surface area contributed by atoms with Gasteiger partial charge in [0.2, 0.25) is 5.91 Å². The topological polar surface area (TPSA) is 104 Å². The molecule has 2 aliphatic heterocycles. The minimum Gasteiger partial charge on any atom is -0.493 e. The smallest absolute Gasteiger partial charge is 0.303 e. The molecule has 162 valence electrons. The highest BCUT2D eigenvalue weighted by Gasteiger charge is 2.42. The lowest BCUT2D eigenvalue weighted by atomic mass is 10.0. The number of aliphatic carboxylic acids is 1. The van der Waals surface area contributed by atoms with E-state index in [2.05, 4.69) is 0 Å². The van der Waals surface area contributed by atoms with Gasteiger partial charge in [0.1, 0.15) is 11.8 Å². The van der Waals surface area contributed by atoms with Crippen LogP contribution in [0.3, 0.4) is 0 Å². The molecule has 8 nitrogen and oxygen atoms in total. The summed E-state index contributed by atoms with van der Waals surface area (Å²) in [7, 11) is 1.46. The van der Waals surface area contributed by atoms with Gasteiger partial charge in [-0.25, -0.2) is 0 Å². The van der Waals surface area contributed by atoms with E-state index >= 15 is 0 Å². The van der Waals surface area contributed by atoms with Gasteiger partial charge in [-0.2, -0.15) is 0 Å². The van der Waals surface area contributed by atoms with Crippen molar-refractivity contribution in [2.75, 3.05) is 13.7 Å². The van der Waals surface area contributed by atoms with Crippen molar-refractivity contribution in [3.05, 3.63) is 29.3 Å². The van der Waals surface area contributed by atoms with Crippen LogP contribution in [-0.4, -0.2) is 58.3 Å². The molecular formula is C22H28N2O6. The Labute approximate surface area is 175 Å². The molecule has 2 aliphatic rings. The summed E-state index contributed by atoms with van der Waals surface area (Å²) in [6.07, 6.45) is 5.17. The first-order valence-corrected chi connectivity index (χ1v) is 10.5. The third kappa shape index (κ3) is 4.80. The number of carboxylic acids is 1. The molecule has 1 atom stereocenters. The van der Waals surface area contributed by atoms with Crippen molar-refractivity contribution < 1.29 is 29.0 Å². The number of piperidine rings is 1. The zero-order valence-corrected chi connectivity index (χ0v) is 17.3. The fraction of sp³-hybridized carbons (Fsp3) is 0.545. The highest BCUT2D eigenvalue weighted by atomic mass is 16.5. The average molecular weight is 416 g/mol. The predicted octanol–water partition coefficient (Wildman–Crippen LogP) is 2.59. The molecule has 3 rings (SSSR count). The normalized spacial score (nSPS) is 18.7. The Kier molecular flexibility index (Phi) is 7.07. The Bertz CT molecular complexity index is 837. The number of likely N-dealkylation sites (N-methyl/N-ethyl adjacent to an activating group) is 1. The Morgan fingerprint density at radius 1 is 1.13 bits per heavy atom. The molecule has 1 unspecified atom stereocenters. The molecule has 30 heavy (non-hydrogen) atoms. The maximum absolute atomic E-state index is 12.9. The number of carbonyl (C=O) groups excluding carboxylic acids is 3. The van der Waals surface area contributed by atoms with Crippen LogP contribution in [0.25, 0.3) is 0 Å². The second kappa shape index (κ2) is 9.73. The molecule has 0 radical (unpaired) electrons. The van der Waals surface area contributed by atoms with Crippen LogP contribution in [0.5, 0.6) is 5.75 Å². The minimum absolute atomic E-state index is 0.199. The summed E-state index contributed by atoms with van der Waals surface area (Å²) >= 11 is 0.